The van der Waals surface area contributed by atoms with E-state index >= 15 is 0 Å². The molecule has 0 aliphatic carbocycles. The molecule has 0 radical (unpaired) electrons. The summed E-state index contributed by atoms with van der Waals surface area (Å²) in [5, 5.41) is 0. The van der Waals surface area contributed by atoms with Gasteiger partial charge < -0.3 is 13.9 Å². The Morgan fingerprint density at radius 3 is 2.18 bits per heavy atom. The monoisotopic (exact) mass is 198 g/mol. The molecule has 0 saturated carbocycles. The Morgan fingerprint density at radius 2 is 1.82 bits per heavy atom. The summed E-state index contributed by atoms with van der Waals surface area (Å²) in [7, 11) is -0.651. The molecule has 0 saturated heterocycles. The van der Waals surface area contributed by atoms with E-state index in [4.69, 9.17) is 25.5 Å². The second-order valence-corrected chi connectivity index (χ2v) is 4.01. The van der Waals surface area contributed by atoms with Crippen LogP contribution in [0.3, 0.4) is 0 Å². The lowest BCUT2D eigenvalue weighted by molar-refractivity contribution is -0.243. The Hall–Kier alpha value is 0.387. The zero-order chi connectivity index (χ0) is 8.53. The van der Waals surface area contributed by atoms with Crippen LogP contribution in [0.15, 0.2) is 0 Å². The highest BCUT2D eigenvalue weighted by Crippen LogP contribution is 1.96. The lowest BCUT2D eigenvalue weighted by atomic mass is 10.8. The predicted octanol–water partition coefficient (Wildman–Crippen LogP) is 0.640. The zero-order valence-electron chi connectivity index (χ0n) is 7.01. The van der Waals surface area contributed by atoms with Gasteiger partial charge in [-0.25, -0.2) is 0 Å². The van der Waals surface area contributed by atoms with Gasteiger partial charge in [-0.3, -0.25) is 0 Å². The molecular formula is C6H15ClO3Si. The number of alkyl halides is 1. The Bertz CT molecular complexity index is 78.2. The molecule has 0 unspecified atom stereocenters. The van der Waals surface area contributed by atoms with Crippen LogP contribution in [0.2, 0.25) is 0 Å². The standard InChI is InChI=1S/C6H15ClO3Si/c1-3-8-6(9-4-2)10-11-5-7/h6H,3-5,11H2,1-2H3. The number of halogens is 1. The van der Waals surface area contributed by atoms with Crippen LogP contribution in [0.25, 0.3) is 0 Å². The fourth-order valence-electron chi connectivity index (χ4n) is 0.557. The largest absolute Gasteiger partial charge is 0.377 e. The Morgan fingerprint density at radius 1 is 1.27 bits per heavy atom. The first-order valence-corrected chi connectivity index (χ1v) is 5.87. The van der Waals surface area contributed by atoms with Crippen LogP contribution < -0.4 is 0 Å². The molecule has 0 aromatic carbocycles. The maximum atomic E-state index is 5.47. The van der Waals surface area contributed by atoms with Crippen molar-refractivity contribution in [3.8, 4) is 0 Å². The first kappa shape index (κ1) is 11.4. The topological polar surface area (TPSA) is 27.7 Å². The zero-order valence-corrected chi connectivity index (χ0v) is 9.18. The molecule has 0 aromatic heterocycles. The third kappa shape index (κ3) is 6.77. The molecule has 5 heteroatoms. The molecule has 0 aromatic rings. The van der Waals surface area contributed by atoms with Gasteiger partial charge in [0.25, 0.3) is 6.48 Å². The first-order valence-electron chi connectivity index (χ1n) is 3.75. The number of ether oxygens (including phenoxy) is 2. The quantitative estimate of drug-likeness (QED) is 0.342. The first-order chi connectivity index (χ1) is 5.35. The summed E-state index contributed by atoms with van der Waals surface area (Å²) in [6, 6.07) is 0. The highest BCUT2D eigenvalue weighted by atomic mass is 35.5. The smallest absolute Gasteiger partial charge is 0.261 e. The third-order valence-corrected chi connectivity index (χ3v) is 2.06. The summed E-state index contributed by atoms with van der Waals surface area (Å²) in [6.07, 6.45) is 0. The Balaban J connectivity index is 3.34. The third-order valence-electron chi connectivity index (χ3n) is 0.937. The van der Waals surface area contributed by atoms with Crippen molar-refractivity contribution in [3.05, 3.63) is 0 Å². The van der Waals surface area contributed by atoms with Gasteiger partial charge in [-0.1, -0.05) is 0 Å². The summed E-state index contributed by atoms with van der Waals surface area (Å²) in [6.45, 7) is 4.51. The van der Waals surface area contributed by atoms with E-state index in [-0.39, 0.29) is 0 Å². The van der Waals surface area contributed by atoms with Crippen molar-refractivity contribution >= 4 is 21.4 Å². The molecule has 0 aliphatic heterocycles. The molecule has 0 spiro atoms. The molecule has 0 atom stereocenters. The Labute approximate surface area is 74.9 Å². The maximum absolute atomic E-state index is 5.47. The van der Waals surface area contributed by atoms with Crippen molar-refractivity contribution in [2.75, 3.05) is 18.7 Å². The van der Waals surface area contributed by atoms with E-state index in [1.807, 2.05) is 13.8 Å². The van der Waals surface area contributed by atoms with Crippen LogP contribution in [0.1, 0.15) is 13.8 Å². The minimum absolute atomic E-state index is 0.490. The van der Waals surface area contributed by atoms with Crippen molar-refractivity contribution < 1.29 is 13.9 Å². The summed E-state index contributed by atoms with van der Waals surface area (Å²) >= 11 is 5.47. The van der Waals surface area contributed by atoms with Gasteiger partial charge in [-0.15, -0.1) is 11.6 Å². The molecule has 0 fully saturated rings. The fraction of sp³-hybridized carbons (Fsp3) is 1.00. The molecule has 0 amide bonds. The van der Waals surface area contributed by atoms with E-state index in [0.717, 1.165) is 0 Å². The van der Waals surface area contributed by atoms with Crippen molar-refractivity contribution in [1.82, 2.24) is 0 Å². The van der Waals surface area contributed by atoms with E-state index in [9.17, 15) is 0 Å². The van der Waals surface area contributed by atoms with Gasteiger partial charge in [-0.2, -0.15) is 0 Å². The molecule has 0 aliphatic rings. The number of rotatable bonds is 7. The average molecular weight is 199 g/mol. The molecule has 0 bridgehead atoms. The SMILES string of the molecule is CCOC(OCC)O[SiH2]CCl. The predicted molar refractivity (Wildman–Crippen MR) is 47.4 cm³/mol. The van der Waals surface area contributed by atoms with Gasteiger partial charge >= 0.3 is 0 Å². The highest BCUT2D eigenvalue weighted by Gasteiger charge is 2.05. The molecule has 68 valence electrons. The number of hydrogen-bond acceptors (Lipinski definition) is 3. The average Bonchev–Trinajstić information content (AvgIpc) is 2.01. The molecule has 11 heavy (non-hydrogen) atoms. The minimum atomic E-state index is -0.651. The molecule has 0 rings (SSSR count). The van der Waals surface area contributed by atoms with E-state index in [2.05, 4.69) is 0 Å². The van der Waals surface area contributed by atoms with Gasteiger partial charge in [0.15, 0.2) is 9.76 Å². The van der Waals surface area contributed by atoms with Crippen LogP contribution >= 0.6 is 11.6 Å². The number of hydrogen-bond donors (Lipinski definition) is 0. The fourth-order valence-corrected chi connectivity index (χ4v) is 1.30. The van der Waals surface area contributed by atoms with E-state index in [1.54, 1.807) is 0 Å². The highest BCUT2D eigenvalue weighted by molar-refractivity contribution is 6.45. The minimum Gasteiger partial charge on any atom is -0.377 e. The van der Waals surface area contributed by atoms with Crippen molar-refractivity contribution in [2.24, 2.45) is 0 Å². The molecule has 0 N–H and O–H groups in total. The second-order valence-electron chi connectivity index (χ2n) is 1.76. The van der Waals surface area contributed by atoms with Gasteiger partial charge in [-0.05, 0) is 13.8 Å². The molecule has 0 heterocycles. The van der Waals surface area contributed by atoms with Crippen molar-refractivity contribution in [3.63, 3.8) is 0 Å². The van der Waals surface area contributed by atoms with Crippen LogP contribution in [-0.2, 0) is 13.9 Å². The summed E-state index contributed by atoms with van der Waals surface area (Å²) in [5.74, 6) is 0. The van der Waals surface area contributed by atoms with Crippen LogP contribution in [0, 0.1) is 0 Å². The summed E-state index contributed by atoms with van der Waals surface area (Å²) in [4.78, 5) is 0. The Kier molecular flexibility index (Phi) is 8.78. The van der Waals surface area contributed by atoms with Crippen LogP contribution in [0.5, 0.6) is 0 Å². The van der Waals surface area contributed by atoms with E-state index < -0.39 is 16.2 Å². The lowest BCUT2D eigenvalue weighted by Gasteiger charge is -2.16. The van der Waals surface area contributed by atoms with Gasteiger partial charge in [0.05, 0.1) is 0 Å². The normalized spacial score (nSPS) is 12.0. The van der Waals surface area contributed by atoms with Gasteiger partial charge in [0.1, 0.15) is 0 Å². The maximum Gasteiger partial charge on any atom is 0.261 e. The van der Waals surface area contributed by atoms with Gasteiger partial charge in [0, 0.05) is 18.7 Å². The van der Waals surface area contributed by atoms with Gasteiger partial charge in [0.2, 0.25) is 0 Å². The van der Waals surface area contributed by atoms with E-state index in [0.29, 0.717) is 18.7 Å². The second kappa shape index (κ2) is 8.48. The van der Waals surface area contributed by atoms with Crippen LogP contribution in [0.4, 0.5) is 0 Å². The summed E-state index contributed by atoms with van der Waals surface area (Å²) < 4.78 is 15.5. The van der Waals surface area contributed by atoms with Crippen LogP contribution in [-0.4, -0.2) is 35.0 Å². The molecule has 3 nitrogen and oxygen atoms in total. The lowest BCUT2D eigenvalue weighted by Crippen LogP contribution is -2.23. The molecular weight excluding hydrogens is 184 g/mol. The van der Waals surface area contributed by atoms with E-state index in [1.165, 1.54) is 0 Å². The van der Waals surface area contributed by atoms with Crippen molar-refractivity contribution in [2.45, 2.75) is 20.3 Å². The van der Waals surface area contributed by atoms with Crippen molar-refractivity contribution in [1.29, 1.82) is 0 Å². The summed E-state index contributed by atoms with van der Waals surface area (Å²) in [5.41, 5.74) is 0.594.